The average molecular weight is 275 g/mol. The number of amides is 1. The Bertz CT molecular complexity index is 254. The second-order valence-corrected chi connectivity index (χ2v) is 7.19. The Labute approximate surface area is 116 Å². The molecule has 2 atom stereocenters. The quantitative estimate of drug-likeness (QED) is 0.716. The molecule has 0 fully saturated rings. The first-order valence-electron chi connectivity index (χ1n) is 6.78. The highest BCUT2D eigenvalue weighted by atomic mass is 32.2. The lowest BCUT2D eigenvalue weighted by Crippen LogP contribution is -2.48. The number of nitrogens with one attached hydrogen (secondary N) is 1. The van der Waals surface area contributed by atoms with Crippen LogP contribution < -0.4 is 5.32 Å². The van der Waals surface area contributed by atoms with Gasteiger partial charge in [-0.05, 0) is 37.9 Å². The van der Waals surface area contributed by atoms with Crippen LogP contribution in [0.4, 0.5) is 0 Å². The van der Waals surface area contributed by atoms with Gasteiger partial charge < -0.3 is 10.4 Å². The molecule has 0 heterocycles. The molecular formula is C14H29NO2S. The minimum Gasteiger partial charge on any atom is -0.396 e. The Balaban J connectivity index is 4.46. The molecule has 1 amide bonds. The van der Waals surface area contributed by atoms with E-state index in [4.69, 9.17) is 5.11 Å². The number of rotatable bonds is 8. The molecule has 0 aliphatic heterocycles. The molecule has 2 unspecified atom stereocenters. The van der Waals surface area contributed by atoms with Crippen LogP contribution >= 0.6 is 11.8 Å². The highest BCUT2D eigenvalue weighted by Gasteiger charge is 2.27. The van der Waals surface area contributed by atoms with E-state index in [1.807, 2.05) is 20.8 Å². The molecular weight excluding hydrogens is 246 g/mol. The van der Waals surface area contributed by atoms with E-state index in [2.05, 4.69) is 26.1 Å². The van der Waals surface area contributed by atoms with Crippen molar-refractivity contribution < 1.29 is 9.90 Å². The highest BCUT2D eigenvalue weighted by Crippen LogP contribution is 2.23. The molecule has 108 valence electrons. The van der Waals surface area contributed by atoms with Gasteiger partial charge in [-0.15, -0.1) is 11.8 Å². The van der Waals surface area contributed by atoms with Gasteiger partial charge in [-0.1, -0.05) is 27.7 Å². The number of thioether (sulfide) groups is 1. The van der Waals surface area contributed by atoms with Gasteiger partial charge in [-0.2, -0.15) is 0 Å². The summed E-state index contributed by atoms with van der Waals surface area (Å²) in [7, 11) is 0. The van der Waals surface area contributed by atoms with E-state index in [1.54, 1.807) is 11.8 Å². The fourth-order valence-electron chi connectivity index (χ4n) is 1.38. The maximum Gasteiger partial charge on any atom is 0.233 e. The summed E-state index contributed by atoms with van der Waals surface area (Å²) in [5, 5.41) is 12.1. The summed E-state index contributed by atoms with van der Waals surface area (Å²) >= 11 is 1.65. The van der Waals surface area contributed by atoms with Crippen molar-refractivity contribution in [3.63, 3.8) is 0 Å². The predicted molar refractivity (Wildman–Crippen MR) is 79.8 cm³/mol. The topological polar surface area (TPSA) is 49.3 Å². The minimum atomic E-state index is -0.145. The number of aliphatic hydroxyl groups is 1. The van der Waals surface area contributed by atoms with Crippen LogP contribution in [0.3, 0.4) is 0 Å². The molecule has 0 saturated carbocycles. The predicted octanol–water partition coefficient (Wildman–Crippen LogP) is 2.68. The molecule has 18 heavy (non-hydrogen) atoms. The zero-order chi connectivity index (χ0) is 14.3. The van der Waals surface area contributed by atoms with Gasteiger partial charge in [0.2, 0.25) is 5.91 Å². The summed E-state index contributed by atoms with van der Waals surface area (Å²) in [6, 6.07) is 0. The summed E-state index contributed by atoms with van der Waals surface area (Å²) < 4.78 is 0. The lowest BCUT2D eigenvalue weighted by molar-refractivity contribution is -0.122. The van der Waals surface area contributed by atoms with Gasteiger partial charge in [0.15, 0.2) is 0 Å². The van der Waals surface area contributed by atoms with Crippen molar-refractivity contribution in [1.29, 1.82) is 0 Å². The van der Waals surface area contributed by atoms with Gasteiger partial charge in [0, 0.05) is 12.1 Å². The minimum absolute atomic E-state index is 0.0372. The lowest BCUT2D eigenvalue weighted by Gasteiger charge is -2.29. The third-order valence-corrected chi connectivity index (χ3v) is 4.96. The van der Waals surface area contributed by atoms with Crippen LogP contribution in [-0.4, -0.2) is 34.2 Å². The van der Waals surface area contributed by atoms with E-state index in [0.29, 0.717) is 5.92 Å². The third-order valence-electron chi connectivity index (χ3n) is 3.08. The first-order chi connectivity index (χ1) is 8.23. The largest absolute Gasteiger partial charge is 0.396 e. The molecule has 0 spiro atoms. The highest BCUT2D eigenvalue weighted by molar-refractivity contribution is 8.00. The van der Waals surface area contributed by atoms with E-state index >= 15 is 0 Å². The number of carbonyl (C=O) groups is 1. The fourth-order valence-corrected chi connectivity index (χ4v) is 2.62. The van der Waals surface area contributed by atoms with Crippen LogP contribution in [0.1, 0.15) is 48.0 Å². The van der Waals surface area contributed by atoms with Crippen molar-refractivity contribution in [1.82, 2.24) is 5.32 Å². The number of aliphatic hydroxyl groups excluding tert-OH is 1. The van der Waals surface area contributed by atoms with Gasteiger partial charge in [0.1, 0.15) is 0 Å². The smallest absolute Gasteiger partial charge is 0.233 e. The van der Waals surface area contributed by atoms with E-state index in [-0.39, 0.29) is 29.2 Å². The summed E-state index contributed by atoms with van der Waals surface area (Å²) in [5.41, 5.74) is -0.145. The van der Waals surface area contributed by atoms with Gasteiger partial charge in [0.25, 0.3) is 0 Å². The maximum atomic E-state index is 12.3. The Kier molecular flexibility index (Phi) is 7.95. The Morgan fingerprint density at radius 3 is 2.28 bits per heavy atom. The summed E-state index contributed by atoms with van der Waals surface area (Å²) in [6.07, 6.45) is 0.918. The first-order valence-corrected chi connectivity index (χ1v) is 7.82. The van der Waals surface area contributed by atoms with Crippen molar-refractivity contribution >= 4 is 17.7 Å². The lowest BCUT2D eigenvalue weighted by atomic mass is 10.0. The van der Waals surface area contributed by atoms with Crippen molar-refractivity contribution in [2.45, 2.75) is 58.8 Å². The second-order valence-electron chi connectivity index (χ2n) is 6.01. The summed E-state index contributed by atoms with van der Waals surface area (Å²) in [6.45, 7) is 12.5. The van der Waals surface area contributed by atoms with Crippen LogP contribution in [0.2, 0.25) is 0 Å². The van der Waals surface area contributed by atoms with Crippen LogP contribution in [0, 0.1) is 11.8 Å². The monoisotopic (exact) mass is 275 g/mol. The van der Waals surface area contributed by atoms with Crippen LogP contribution in [0.5, 0.6) is 0 Å². The number of hydrogen-bond donors (Lipinski definition) is 2. The molecule has 0 aromatic heterocycles. The van der Waals surface area contributed by atoms with Gasteiger partial charge in [0.05, 0.1) is 5.25 Å². The average Bonchev–Trinajstić information content (AvgIpc) is 2.27. The molecule has 0 bridgehead atoms. The van der Waals surface area contributed by atoms with Crippen molar-refractivity contribution in [3.05, 3.63) is 0 Å². The number of carbonyl (C=O) groups excluding carboxylic acids is 1. The van der Waals surface area contributed by atoms with E-state index in [0.717, 1.165) is 12.2 Å². The van der Waals surface area contributed by atoms with Crippen molar-refractivity contribution in [3.8, 4) is 0 Å². The van der Waals surface area contributed by atoms with Gasteiger partial charge in [-0.25, -0.2) is 0 Å². The van der Waals surface area contributed by atoms with Crippen LogP contribution in [-0.2, 0) is 4.79 Å². The summed E-state index contributed by atoms with van der Waals surface area (Å²) in [4.78, 5) is 12.3. The molecule has 3 nitrogen and oxygen atoms in total. The zero-order valence-electron chi connectivity index (χ0n) is 12.6. The molecule has 0 radical (unpaired) electrons. The molecule has 0 aliphatic carbocycles. The van der Waals surface area contributed by atoms with E-state index in [1.165, 1.54) is 0 Å². The second kappa shape index (κ2) is 8.05. The van der Waals surface area contributed by atoms with Gasteiger partial charge in [-0.3, -0.25) is 4.79 Å². The van der Waals surface area contributed by atoms with Crippen LogP contribution in [0.25, 0.3) is 0 Å². The fraction of sp³-hybridized carbons (Fsp3) is 0.929. The first kappa shape index (κ1) is 17.8. The van der Waals surface area contributed by atoms with Crippen molar-refractivity contribution in [2.24, 2.45) is 11.8 Å². The molecule has 0 aromatic rings. The molecule has 4 heteroatoms. The molecule has 0 aromatic carbocycles. The zero-order valence-corrected chi connectivity index (χ0v) is 13.4. The van der Waals surface area contributed by atoms with E-state index < -0.39 is 0 Å². The SMILES string of the molecule is CCC(C)(C)NC(=O)C(SCC(C)CO)C(C)C. The Hall–Kier alpha value is -0.220. The van der Waals surface area contributed by atoms with Gasteiger partial charge >= 0.3 is 0 Å². The molecule has 0 saturated heterocycles. The maximum absolute atomic E-state index is 12.3. The molecule has 0 aliphatic rings. The summed E-state index contributed by atoms with van der Waals surface area (Å²) in [5.74, 6) is 1.48. The molecule has 2 N–H and O–H groups in total. The third kappa shape index (κ3) is 6.64. The number of hydrogen-bond acceptors (Lipinski definition) is 3. The normalized spacial score (nSPS) is 15.6. The Morgan fingerprint density at radius 1 is 1.33 bits per heavy atom. The van der Waals surface area contributed by atoms with E-state index in [9.17, 15) is 4.79 Å². The standard InChI is InChI=1S/C14H29NO2S/c1-7-14(5,6)15-13(17)12(10(2)3)18-9-11(4)8-16/h10-12,16H,7-9H2,1-6H3,(H,15,17). The molecule has 0 rings (SSSR count). The Morgan fingerprint density at radius 2 is 1.89 bits per heavy atom. The van der Waals surface area contributed by atoms with Crippen LogP contribution in [0.15, 0.2) is 0 Å². The van der Waals surface area contributed by atoms with Crippen molar-refractivity contribution in [2.75, 3.05) is 12.4 Å².